The number of nitrogens with zero attached hydrogens (tertiary/aromatic N) is 2. The van der Waals surface area contributed by atoms with Crippen LogP contribution in [0.4, 0.5) is 0 Å². The lowest BCUT2D eigenvalue weighted by atomic mass is 10.2. The normalized spacial score (nSPS) is 19.6. The summed E-state index contributed by atoms with van der Waals surface area (Å²) in [4.78, 5) is 18.1. The highest BCUT2D eigenvalue weighted by molar-refractivity contribution is 9.10. The second-order valence-corrected chi connectivity index (χ2v) is 4.79. The average molecular weight is 321 g/mol. The van der Waals surface area contributed by atoms with Crippen molar-refractivity contribution in [1.29, 1.82) is 0 Å². The highest BCUT2D eigenvalue weighted by Crippen LogP contribution is 2.16. The predicted molar refractivity (Wildman–Crippen MR) is 72.6 cm³/mol. The Morgan fingerprint density at radius 2 is 2.41 bits per heavy atom. The third-order valence-electron chi connectivity index (χ3n) is 2.62. The minimum Gasteiger partial charge on any atom is -0.334 e. The maximum absolute atomic E-state index is 12.2. The molecule has 1 atom stereocenters. The van der Waals surface area contributed by atoms with E-state index < -0.39 is 0 Å². The third kappa shape index (κ3) is 3.40. The summed E-state index contributed by atoms with van der Waals surface area (Å²) in [5, 5.41) is 3.31. The molecule has 0 saturated carbocycles. The molecule has 0 spiro atoms. The Kier molecular flexibility index (Phi) is 5.36. The molecule has 1 saturated heterocycles. The first-order valence-electron chi connectivity index (χ1n) is 5.31. The third-order valence-corrected chi connectivity index (χ3v) is 3.26. The lowest BCUT2D eigenvalue weighted by Gasteiger charge is -2.31. The summed E-state index contributed by atoms with van der Waals surface area (Å²) in [5.41, 5.74) is 0.497. The van der Waals surface area contributed by atoms with E-state index in [1.54, 1.807) is 12.3 Å². The van der Waals surface area contributed by atoms with Crippen molar-refractivity contribution in [2.45, 2.75) is 13.0 Å². The predicted octanol–water partition coefficient (Wildman–Crippen LogP) is 1.70. The summed E-state index contributed by atoms with van der Waals surface area (Å²) >= 11 is 3.35. The van der Waals surface area contributed by atoms with Gasteiger partial charge in [-0.1, -0.05) is 0 Å². The van der Waals surface area contributed by atoms with Crippen LogP contribution in [-0.2, 0) is 0 Å². The van der Waals surface area contributed by atoms with Gasteiger partial charge in [-0.3, -0.25) is 4.79 Å². The summed E-state index contributed by atoms with van der Waals surface area (Å²) in [6.07, 6.45) is 1.64. The van der Waals surface area contributed by atoms with Gasteiger partial charge in [-0.25, -0.2) is 4.98 Å². The van der Waals surface area contributed by atoms with E-state index in [0.717, 1.165) is 24.1 Å². The molecular formula is C11H15BrClN3O. The van der Waals surface area contributed by atoms with Crippen LogP contribution in [0.5, 0.6) is 0 Å². The molecule has 4 nitrogen and oxygen atoms in total. The van der Waals surface area contributed by atoms with Crippen LogP contribution in [0.1, 0.15) is 17.4 Å². The zero-order valence-corrected chi connectivity index (χ0v) is 11.9. The van der Waals surface area contributed by atoms with E-state index in [0.29, 0.717) is 11.7 Å². The van der Waals surface area contributed by atoms with Crippen LogP contribution in [0.25, 0.3) is 0 Å². The van der Waals surface area contributed by atoms with Crippen molar-refractivity contribution < 1.29 is 4.79 Å². The molecule has 2 rings (SSSR count). The molecule has 1 aromatic heterocycles. The molecule has 1 aliphatic heterocycles. The zero-order chi connectivity index (χ0) is 11.5. The summed E-state index contributed by atoms with van der Waals surface area (Å²) in [6, 6.07) is 3.99. The molecule has 1 fully saturated rings. The van der Waals surface area contributed by atoms with Crippen LogP contribution in [-0.4, -0.2) is 41.5 Å². The van der Waals surface area contributed by atoms with Gasteiger partial charge < -0.3 is 10.2 Å². The van der Waals surface area contributed by atoms with Gasteiger partial charge in [0.2, 0.25) is 0 Å². The fourth-order valence-electron chi connectivity index (χ4n) is 1.81. The zero-order valence-electron chi connectivity index (χ0n) is 9.52. The standard InChI is InChI=1S/C11H14BrN3O.ClH/c1-8-7-15(6-5-13-8)11(16)10-9(12)3-2-4-14-10;/h2-4,8,13H,5-7H2,1H3;1H/t8-;/m0./s1. The summed E-state index contributed by atoms with van der Waals surface area (Å²) in [7, 11) is 0. The van der Waals surface area contributed by atoms with Gasteiger partial charge in [0.15, 0.2) is 0 Å². The molecule has 0 bridgehead atoms. The molecule has 0 aliphatic carbocycles. The van der Waals surface area contributed by atoms with Gasteiger partial charge in [0.05, 0.1) is 0 Å². The minimum absolute atomic E-state index is 0. The van der Waals surface area contributed by atoms with E-state index in [-0.39, 0.29) is 18.3 Å². The van der Waals surface area contributed by atoms with E-state index in [4.69, 9.17) is 0 Å². The molecule has 94 valence electrons. The van der Waals surface area contributed by atoms with Crippen molar-refractivity contribution >= 4 is 34.2 Å². The molecule has 0 radical (unpaired) electrons. The second kappa shape index (κ2) is 6.33. The monoisotopic (exact) mass is 319 g/mol. The van der Waals surface area contributed by atoms with E-state index in [9.17, 15) is 4.79 Å². The van der Waals surface area contributed by atoms with Crippen molar-refractivity contribution in [2.24, 2.45) is 0 Å². The highest BCUT2D eigenvalue weighted by atomic mass is 79.9. The topological polar surface area (TPSA) is 45.2 Å². The number of rotatable bonds is 1. The number of amides is 1. The van der Waals surface area contributed by atoms with Crippen molar-refractivity contribution in [3.05, 3.63) is 28.5 Å². The Morgan fingerprint density at radius 3 is 3.06 bits per heavy atom. The van der Waals surface area contributed by atoms with E-state index >= 15 is 0 Å². The SMILES string of the molecule is C[C@H]1CN(C(=O)c2ncccc2Br)CCN1.Cl. The number of halogens is 2. The number of pyridine rings is 1. The highest BCUT2D eigenvalue weighted by Gasteiger charge is 2.23. The number of piperazine rings is 1. The molecule has 17 heavy (non-hydrogen) atoms. The van der Waals surface area contributed by atoms with Gasteiger partial charge in [0, 0.05) is 36.3 Å². The minimum atomic E-state index is 0. The van der Waals surface area contributed by atoms with Gasteiger partial charge in [-0.2, -0.15) is 0 Å². The molecule has 1 N–H and O–H groups in total. The van der Waals surface area contributed by atoms with Gasteiger partial charge in [0.1, 0.15) is 5.69 Å². The van der Waals surface area contributed by atoms with E-state index in [2.05, 4.69) is 33.2 Å². The van der Waals surface area contributed by atoms with Crippen molar-refractivity contribution in [3.63, 3.8) is 0 Å². The van der Waals surface area contributed by atoms with Gasteiger partial charge in [-0.15, -0.1) is 12.4 Å². The molecule has 6 heteroatoms. The quantitative estimate of drug-likeness (QED) is 0.856. The van der Waals surface area contributed by atoms with Crippen LogP contribution >= 0.6 is 28.3 Å². The largest absolute Gasteiger partial charge is 0.334 e. The molecule has 1 aliphatic rings. The molecule has 0 unspecified atom stereocenters. The smallest absolute Gasteiger partial charge is 0.273 e. The number of carbonyl (C=O) groups is 1. The van der Waals surface area contributed by atoms with Crippen LogP contribution in [0.3, 0.4) is 0 Å². The Balaban J connectivity index is 0.00000144. The molecule has 1 aromatic rings. The Bertz CT molecular complexity index is 402. The van der Waals surface area contributed by atoms with Gasteiger partial charge in [0.25, 0.3) is 5.91 Å². The summed E-state index contributed by atoms with van der Waals surface area (Å²) < 4.78 is 0.756. The number of aromatic nitrogens is 1. The first kappa shape index (κ1) is 14.4. The van der Waals surface area contributed by atoms with Gasteiger partial charge >= 0.3 is 0 Å². The van der Waals surface area contributed by atoms with Crippen LogP contribution in [0.15, 0.2) is 22.8 Å². The van der Waals surface area contributed by atoms with Crippen LogP contribution in [0.2, 0.25) is 0 Å². The fraction of sp³-hybridized carbons (Fsp3) is 0.455. The van der Waals surface area contributed by atoms with Crippen LogP contribution < -0.4 is 5.32 Å². The van der Waals surface area contributed by atoms with E-state index in [1.807, 2.05) is 11.0 Å². The number of hydrogen-bond donors (Lipinski definition) is 1. The van der Waals surface area contributed by atoms with Crippen molar-refractivity contribution in [3.8, 4) is 0 Å². The maximum Gasteiger partial charge on any atom is 0.273 e. The van der Waals surface area contributed by atoms with Crippen molar-refractivity contribution in [1.82, 2.24) is 15.2 Å². The molecule has 2 heterocycles. The Morgan fingerprint density at radius 1 is 1.65 bits per heavy atom. The lowest BCUT2D eigenvalue weighted by molar-refractivity contribution is 0.0702. The molecular weight excluding hydrogens is 305 g/mol. The summed E-state index contributed by atoms with van der Waals surface area (Å²) in [6.45, 7) is 4.40. The number of carbonyl (C=O) groups excluding carboxylic acids is 1. The molecule has 0 aromatic carbocycles. The Labute approximate surface area is 115 Å². The number of nitrogens with one attached hydrogen (secondary N) is 1. The average Bonchev–Trinajstić information content (AvgIpc) is 2.29. The second-order valence-electron chi connectivity index (χ2n) is 3.94. The van der Waals surface area contributed by atoms with Crippen LogP contribution in [0, 0.1) is 0 Å². The fourth-order valence-corrected chi connectivity index (χ4v) is 2.23. The Hall–Kier alpha value is -0.650. The van der Waals surface area contributed by atoms with Gasteiger partial charge in [-0.05, 0) is 35.0 Å². The van der Waals surface area contributed by atoms with Crippen molar-refractivity contribution in [2.75, 3.05) is 19.6 Å². The first-order chi connectivity index (χ1) is 7.68. The van der Waals surface area contributed by atoms with E-state index in [1.165, 1.54) is 0 Å². The maximum atomic E-state index is 12.2. The first-order valence-corrected chi connectivity index (χ1v) is 6.11. The number of hydrogen-bond acceptors (Lipinski definition) is 3. The lowest BCUT2D eigenvalue weighted by Crippen LogP contribution is -2.51. The summed E-state index contributed by atoms with van der Waals surface area (Å²) in [5.74, 6) is 0.000764. The molecule has 1 amide bonds.